The summed E-state index contributed by atoms with van der Waals surface area (Å²) < 4.78 is 5.69. The highest BCUT2D eigenvalue weighted by atomic mass is 35.5. The van der Waals surface area contributed by atoms with Crippen molar-refractivity contribution in [2.75, 3.05) is 6.61 Å². The molecule has 0 saturated heterocycles. The van der Waals surface area contributed by atoms with Crippen molar-refractivity contribution in [3.63, 3.8) is 0 Å². The van der Waals surface area contributed by atoms with E-state index in [2.05, 4.69) is 0 Å². The fourth-order valence-corrected chi connectivity index (χ4v) is 2.54. The van der Waals surface area contributed by atoms with Gasteiger partial charge in [0.1, 0.15) is 5.75 Å². The summed E-state index contributed by atoms with van der Waals surface area (Å²) in [6.07, 6.45) is 0. The summed E-state index contributed by atoms with van der Waals surface area (Å²) in [5, 5.41) is 0.457. The summed E-state index contributed by atoms with van der Waals surface area (Å²) in [5.74, 6) is 0.658. The summed E-state index contributed by atoms with van der Waals surface area (Å²) in [6.45, 7) is 6.00. The number of Topliss-reactive ketones (excluding diaryl/α,β-unsaturated/α-hetero) is 1. The van der Waals surface area contributed by atoms with Crippen LogP contribution in [0.2, 0.25) is 5.02 Å². The van der Waals surface area contributed by atoms with Crippen LogP contribution in [0.15, 0.2) is 36.4 Å². The monoisotopic (exact) mass is 288 g/mol. The van der Waals surface area contributed by atoms with Crippen LogP contribution >= 0.6 is 11.6 Å². The van der Waals surface area contributed by atoms with Gasteiger partial charge in [-0.05, 0) is 44.0 Å². The van der Waals surface area contributed by atoms with Crippen molar-refractivity contribution >= 4 is 17.4 Å². The number of carbonyl (C=O) groups excluding carboxylic acids is 1. The van der Waals surface area contributed by atoms with Crippen LogP contribution in [0.4, 0.5) is 0 Å². The first-order valence-corrected chi connectivity index (χ1v) is 6.85. The number of carbonyl (C=O) groups is 1. The van der Waals surface area contributed by atoms with Gasteiger partial charge in [0.2, 0.25) is 5.78 Å². The molecule has 0 aliphatic carbocycles. The Balaban J connectivity index is 2.14. The van der Waals surface area contributed by atoms with E-state index >= 15 is 0 Å². The summed E-state index contributed by atoms with van der Waals surface area (Å²) in [6, 6.07) is 11.1. The van der Waals surface area contributed by atoms with Gasteiger partial charge in [-0.2, -0.15) is 0 Å². The molecule has 0 unspecified atom stereocenters. The standard InChI is InChI=1S/C17H17ClO2/c1-11-8-12(2)17(13(3)9-11)20-10-16(19)14-6-4-5-7-15(14)18/h4-9H,10H2,1-3H3. The third-order valence-electron chi connectivity index (χ3n) is 3.13. The Labute approximate surface area is 124 Å². The van der Waals surface area contributed by atoms with Crippen molar-refractivity contribution in [3.05, 3.63) is 63.7 Å². The maximum Gasteiger partial charge on any atom is 0.201 e. The largest absolute Gasteiger partial charge is 0.485 e. The van der Waals surface area contributed by atoms with Gasteiger partial charge < -0.3 is 4.74 Å². The normalized spacial score (nSPS) is 10.4. The van der Waals surface area contributed by atoms with E-state index in [9.17, 15) is 4.79 Å². The van der Waals surface area contributed by atoms with Crippen LogP contribution in [0.5, 0.6) is 5.75 Å². The number of rotatable bonds is 4. The Hall–Kier alpha value is -1.80. The van der Waals surface area contributed by atoms with E-state index in [-0.39, 0.29) is 12.4 Å². The molecule has 2 rings (SSSR count). The first-order chi connectivity index (χ1) is 9.49. The molecule has 2 aromatic carbocycles. The molecule has 0 saturated carbocycles. The molecule has 3 heteroatoms. The van der Waals surface area contributed by atoms with E-state index in [4.69, 9.17) is 16.3 Å². The first kappa shape index (κ1) is 14.6. The lowest BCUT2D eigenvalue weighted by molar-refractivity contribution is 0.0921. The fourth-order valence-electron chi connectivity index (χ4n) is 2.30. The molecule has 0 atom stereocenters. The van der Waals surface area contributed by atoms with Crippen molar-refractivity contribution < 1.29 is 9.53 Å². The predicted octanol–water partition coefficient (Wildman–Crippen LogP) is 4.53. The molecular weight excluding hydrogens is 272 g/mol. The zero-order chi connectivity index (χ0) is 14.7. The van der Waals surface area contributed by atoms with Crippen LogP contribution in [0.1, 0.15) is 27.0 Å². The highest BCUT2D eigenvalue weighted by Crippen LogP contribution is 2.25. The van der Waals surface area contributed by atoms with Gasteiger partial charge >= 0.3 is 0 Å². The van der Waals surface area contributed by atoms with E-state index < -0.39 is 0 Å². The molecule has 0 radical (unpaired) electrons. The van der Waals surface area contributed by atoms with Crippen molar-refractivity contribution in [2.24, 2.45) is 0 Å². The number of ketones is 1. The minimum atomic E-state index is -0.116. The molecule has 0 fully saturated rings. The van der Waals surface area contributed by atoms with Crippen molar-refractivity contribution in [3.8, 4) is 5.75 Å². The molecule has 0 aliphatic heterocycles. The van der Waals surface area contributed by atoms with E-state index in [1.54, 1.807) is 24.3 Å². The number of aryl methyl sites for hydroxylation is 3. The molecule has 0 spiro atoms. The molecule has 0 bridgehead atoms. The van der Waals surface area contributed by atoms with Gasteiger partial charge in [-0.3, -0.25) is 4.79 Å². The van der Waals surface area contributed by atoms with Crippen LogP contribution in [-0.4, -0.2) is 12.4 Å². The van der Waals surface area contributed by atoms with Crippen molar-refractivity contribution in [1.82, 2.24) is 0 Å². The van der Waals surface area contributed by atoms with Gasteiger partial charge in [0.05, 0.1) is 5.02 Å². The predicted molar refractivity (Wildman–Crippen MR) is 81.9 cm³/mol. The Kier molecular flexibility index (Phi) is 4.46. The minimum Gasteiger partial charge on any atom is -0.485 e. The molecule has 0 aromatic heterocycles. The number of halogens is 1. The number of hydrogen-bond acceptors (Lipinski definition) is 2. The van der Waals surface area contributed by atoms with Crippen molar-refractivity contribution in [2.45, 2.75) is 20.8 Å². The smallest absolute Gasteiger partial charge is 0.201 e. The maximum absolute atomic E-state index is 12.1. The average molecular weight is 289 g/mol. The number of hydrogen-bond donors (Lipinski definition) is 0. The zero-order valence-corrected chi connectivity index (χ0v) is 12.6. The molecule has 20 heavy (non-hydrogen) atoms. The molecule has 0 heterocycles. The van der Waals surface area contributed by atoms with Gasteiger partial charge in [-0.1, -0.05) is 41.4 Å². The second kappa shape index (κ2) is 6.10. The average Bonchev–Trinajstić information content (AvgIpc) is 2.37. The van der Waals surface area contributed by atoms with Gasteiger partial charge in [0.15, 0.2) is 6.61 Å². The molecule has 2 aromatic rings. The summed E-state index contributed by atoms with van der Waals surface area (Å²) in [4.78, 5) is 12.1. The number of ether oxygens (including phenoxy) is 1. The second-order valence-electron chi connectivity index (χ2n) is 4.92. The molecular formula is C17H17ClO2. The van der Waals surface area contributed by atoms with Gasteiger partial charge in [0.25, 0.3) is 0 Å². The lowest BCUT2D eigenvalue weighted by Gasteiger charge is -2.13. The highest BCUT2D eigenvalue weighted by molar-refractivity contribution is 6.34. The maximum atomic E-state index is 12.1. The topological polar surface area (TPSA) is 26.3 Å². The summed E-state index contributed by atoms with van der Waals surface area (Å²) in [5.41, 5.74) is 3.75. The summed E-state index contributed by atoms with van der Waals surface area (Å²) in [7, 11) is 0. The van der Waals surface area contributed by atoms with E-state index in [0.29, 0.717) is 10.6 Å². The van der Waals surface area contributed by atoms with Gasteiger partial charge in [0, 0.05) is 5.56 Å². The lowest BCUT2D eigenvalue weighted by atomic mass is 10.1. The van der Waals surface area contributed by atoms with E-state index in [1.807, 2.05) is 32.9 Å². The lowest BCUT2D eigenvalue weighted by Crippen LogP contribution is -2.13. The third-order valence-corrected chi connectivity index (χ3v) is 3.46. The molecule has 0 amide bonds. The van der Waals surface area contributed by atoms with E-state index in [1.165, 1.54) is 5.56 Å². The molecule has 2 nitrogen and oxygen atoms in total. The van der Waals surface area contributed by atoms with Crippen LogP contribution in [0.3, 0.4) is 0 Å². The van der Waals surface area contributed by atoms with E-state index in [0.717, 1.165) is 16.9 Å². The van der Waals surface area contributed by atoms with Gasteiger partial charge in [-0.25, -0.2) is 0 Å². The quantitative estimate of drug-likeness (QED) is 0.773. The van der Waals surface area contributed by atoms with Crippen LogP contribution in [0.25, 0.3) is 0 Å². The molecule has 0 N–H and O–H groups in total. The third kappa shape index (κ3) is 3.20. The van der Waals surface area contributed by atoms with Crippen LogP contribution < -0.4 is 4.74 Å². The zero-order valence-electron chi connectivity index (χ0n) is 11.9. The van der Waals surface area contributed by atoms with Crippen LogP contribution in [0, 0.1) is 20.8 Å². The van der Waals surface area contributed by atoms with Gasteiger partial charge in [-0.15, -0.1) is 0 Å². The molecule has 0 aliphatic rings. The first-order valence-electron chi connectivity index (χ1n) is 6.47. The van der Waals surface area contributed by atoms with Crippen molar-refractivity contribution in [1.29, 1.82) is 0 Å². The minimum absolute atomic E-state index is 0.00548. The Morgan fingerprint density at radius 1 is 1.10 bits per heavy atom. The Morgan fingerprint density at radius 3 is 2.30 bits per heavy atom. The second-order valence-corrected chi connectivity index (χ2v) is 5.33. The van der Waals surface area contributed by atoms with Crippen LogP contribution in [-0.2, 0) is 0 Å². The highest BCUT2D eigenvalue weighted by Gasteiger charge is 2.12. The Bertz CT molecular complexity index is 624. The SMILES string of the molecule is Cc1cc(C)c(OCC(=O)c2ccccc2Cl)c(C)c1. The summed E-state index contributed by atoms with van der Waals surface area (Å²) >= 11 is 6.01. The molecule has 104 valence electrons. The Morgan fingerprint density at radius 2 is 1.70 bits per heavy atom. The number of benzene rings is 2. The fraction of sp³-hybridized carbons (Fsp3) is 0.235.